The number of rotatable bonds is 8. The average molecular weight is 541 g/mol. The van der Waals surface area contributed by atoms with Crippen molar-refractivity contribution >= 4 is 29.4 Å². The maximum Gasteiger partial charge on any atom is 0.322 e. The number of hydrogen-bond donors (Lipinski definition) is 2. The third kappa shape index (κ3) is 5.72. The molecule has 0 aromatic heterocycles. The van der Waals surface area contributed by atoms with Crippen LogP contribution in [0.2, 0.25) is 0 Å². The quantitative estimate of drug-likeness (QED) is 0.307. The number of hydrogen-bond acceptors (Lipinski definition) is 3. The van der Waals surface area contributed by atoms with Crippen LogP contribution in [0.5, 0.6) is 0 Å². The van der Waals surface area contributed by atoms with Crippen molar-refractivity contribution < 1.29 is 14.7 Å². The largest absolute Gasteiger partial charge is 0.481 e. The molecule has 4 aliphatic carbocycles. The third-order valence-corrected chi connectivity index (χ3v) is 9.91. The maximum atomic E-state index is 14.2. The summed E-state index contributed by atoms with van der Waals surface area (Å²) in [5.74, 6) is 1.46. The Labute approximate surface area is 235 Å². The van der Waals surface area contributed by atoms with E-state index in [2.05, 4.69) is 36.5 Å². The minimum atomic E-state index is -0.831. The van der Waals surface area contributed by atoms with Gasteiger partial charge in [0.2, 0.25) is 0 Å². The minimum Gasteiger partial charge on any atom is -0.481 e. The molecule has 2 N–H and O–H groups in total. The lowest BCUT2D eigenvalue weighted by molar-refractivity contribution is -0.136. The molecular formula is C33H36N2O3S. The number of anilines is 1. The third-order valence-electron chi connectivity index (χ3n) is 8.91. The molecule has 1 unspecified atom stereocenters. The van der Waals surface area contributed by atoms with Gasteiger partial charge in [-0.2, -0.15) is 0 Å². The van der Waals surface area contributed by atoms with Gasteiger partial charge in [-0.05, 0) is 105 Å². The van der Waals surface area contributed by atoms with Crippen molar-refractivity contribution in [2.24, 2.45) is 17.8 Å². The monoisotopic (exact) mass is 540 g/mol. The SMILES string of the molecule is CC(c1ccccc1)N(C(=O)NC12CC3CC(CC(C3)C1)C2)c1cccc(Sc2ccc(CC(=O)O)cc2)c1. The minimum absolute atomic E-state index is 0.00604. The summed E-state index contributed by atoms with van der Waals surface area (Å²) in [5.41, 5.74) is 2.70. The van der Waals surface area contributed by atoms with Crippen LogP contribution in [-0.2, 0) is 11.2 Å². The van der Waals surface area contributed by atoms with Gasteiger partial charge in [-0.25, -0.2) is 4.79 Å². The molecule has 4 fully saturated rings. The fourth-order valence-electron chi connectivity index (χ4n) is 7.63. The van der Waals surface area contributed by atoms with Crippen molar-refractivity contribution in [2.45, 2.75) is 73.2 Å². The van der Waals surface area contributed by atoms with E-state index in [-0.39, 0.29) is 24.0 Å². The molecule has 0 saturated heterocycles. The highest BCUT2D eigenvalue weighted by Crippen LogP contribution is 2.55. The molecule has 4 bridgehead atoms. The van der Waals surface area contributed by atoms with E-state index in [0.29, 0.717) is 0 Å². The van der Waals surface area contributed by atoms with Gasteiger partial charge in [0.1, 0.15) is 0 Å². The number of amides is 2. The van der Waals surface area contributed by atoms with Crippen LogP contribution in [0, 0.1) is 17.8 Å². The van der Waals surface area contributed by atoms with E-state index in [1.807, 2.05) is 59.5 Å². The number of nitrogens with one attached hydrogen (secondary N) is 1. The molecule has 0 radical (unpaired) electrons. The van der Waals surface area contributed by atoms with Crippen molar-refractivity contribution in [2.75, 3.05) is 4.90 Å². The summed E-state index contributed by atoms with van der Waals surface area (Å²) in [6.45, 7) is 2.11. The van der Waals surface area contributed by atoms with Gasteiger partial charge in [-0.15, -0.1) is 0 Å². The van der Waals surface area contributed by atoms with E-state index < -0.39 is 5.97 Å². The molecule has 0 spiro atoms. The zero-order valence-electron chi connectivity index (χ0n) is 22.4. The van der Waals surface area contributed by atoms with Crippen LogP contribution < -0.4 is 10.2 Å². The fourth-order valence-corrected chi connectivity index (χ4v) is 8.50. The molecule has 1 atom stereocenters. The van der Waals surface area contributed by atoms with Crippen LogP contribution in [0.3, 0.4) is 0 Å². The Morgan fingerprint density at radius 3 is 2.15 bits per heavy atom. The van der Waals surface area contributed by atoms with Gasteiger partial charge in [0, 0.05) is 21.0 Å². The van der Waals surface area contributed by atoms with Crippen LogP contribution in [0.4, 0.5) is 10.5 Å². The van der Waals surface area contributed by atoms with Crippen LogP contribution in [-0.4, -0.2) is 22.6 Å². The zero-order chi connectivity index (χ0) is 27.0. The number of aliphatic carboxylic acids is 1. The Morgan fingerprint density at radius 2 is 1.54 bits per heavy atom. The summed E-state index contributed by atoms with van der Waals surface area (Å²) >= 11 is 1.62. The first kappa shape index (κ1) is 26.0. The number of carboxylic acid groups (broad SMARTS) is 1. The van der Waals surface area contributed by atoms with E-state index in [0.717, 1.165) is 63.6 Å². The average Bonchev–Trinajstić information content (AvgIpc) is 2.89. The summed E-state index contributed by atoms with van der Waals surface area (Å²) in [7, 11) is 0. The number of carbonyl (C=O) groups is 2. The molecule has 6 heteroatoms. The number of urea groups is 1. The molecule has 4 saturated carbocycles. The standard InChI is InChI=1S/C33H36N2O3S/c1-22(27-6-3-2-4-7-27)35(32(38)34-33-19-24-14-25(20-33)16-26(15-24)21-33)28-8-5-9-30(18-28)39-29-12-10-23(11-13-29)17-31(36)37/h2-13,18,22,24-26H,14-17,19-21H2,1H3,(H,34,38)(H,36,37). The molecular weight excluding hydrogens is 504 g/mol. The molecule has 3 aromatic rings. The normalized spacial score (nSPS) is 25.7. The highest BCUT2D eigenvalue weighted by atomic mass is 32.2. The van der Waals surface area contributed by atoms with E-state index in [4.69, 9.17) is 5.11 Å². The maximum absolute atomic E-state index is 14.2. The van der Waals surface area contributed by atoms with Crippen molar-refractivity contribution in [1.29, 1.82) is 0 Å². The van der Waals surface area contributed by atoms with E-state index in [9.17, 15) is 9.59 Å². The first-order valence-electron chi connectivity index (χ1n) is 14.1. The number of carbonyl (C=O) groups excluding carboxylic acids is 1. The van der Waals surface area contributed by atoms with Gasteiger partial charge >= 0.3 is 12.0 Å². The topological polar surface area (TPSA) is 69.6 Å². The Bertz CT molecular complexity index is 1310. The summed E-state index contributed by atoms with van der Waals surface area (Å²) in [6.07, 6.45) is 7.40. The highest BCUT2D eigenvalue weighted by Gasteiger charge is 2.52. The highest BCUT2D eigenvalue weighted by molar-refractivity contribution is 7.99. The Kier molecular flexibility index (Phi) is 7.15. The van der Waals surface area contributed by atoms with E-state index in [1.165, 1.54) is 19.3 Å². The van der Waals surface area contributed by atoms with Crippen molar-refractivity contribution in [3.05, 3.63) is 90.0 Å². The second-order valence-corrected chi connectivity index (χ2v) is 13.0. The molecule has 39 heavy (non-hydrogen) atoms. The predicted molar refractivity (Wildman–Crippen MR) is 155 cm³/mol. The summed E-state index contributed by atoms with van der Waals surface area (Å²) in [5, 5.41) is 12.6. The Balaban J connectivity index is 1.26. The zero-order valence-corrected chi connectivity index (χ0v) is 23.2. The van der Waals surface area contributed by atoms with Crippen molar-refractivity contribution in [3.8, 4) is 0 Å². The second kappa shape index (κ2) is 10.7. The van der Waals surface area contributed by atoms with E-state index >= 15 is 0 Å². The number of nitrogens with zero attached hydrogens (tertiary/aromatic N) is 1. The molecule has 202 valence electrons. The van der Waals surface area contributed by atoms with Crippen LogP contribution in [0.15, 0.2) is 88.7 Å². The molecule has 0 aliphatic heterocycles. The molecule has 3 aromatic carbocycles. The van der Waals surface area contributed by atoms with Gasteiger partial charge in [0.05, 0.1) is 12.5 Å². The first-order valence-corrected chi connectivity index (χ1v) is 14.9. The van der Waals surface area contributed by atoms with Gasteiger partial charge < -0.3 is 10.4 Å². The number of carboxylic acids is 1. The van der Waals surface area contributed by atoms with Crippen LogP contribution >= 0.6 is 11.8 Å². The summed E-state index contributed by atoms with van der Waals surface area (Å²) in [6, 6.07) is 25.9. The van der Waals surface area contributed by atoms with Gasteiger partial charge in [-0.1, -0.05) is 60.3 Å². The smallest absolute Gasteiger partial charge is 0.322 e. The lowest BCUT2D eigenvalue weighted by atomic mass is 9.53. The molecule has 7 rings (SSSR count). The predicted octanol–water partition coefficient (Wildman–Crippen LogP) is 7.71. The van der Waals surface area contributed by atoms with Crippen LogP contribution in [0.1, 0.15) is 62.6 Å². The van der Waals surface area contributed by atoms with Gasteiger partial charge in [0.15, 0.2) is 0 Å². The van der Waals surface area contributed by atoms with Crippen LogP contribution in [0.25, 0.3) is 0 Å². The van der Waals surface area contributed by atoms with Gasteiger partial charge in [0.25, 0.3) is 0 Å². The van der Waals surface area contributed by atoms with E-state index in [1.54, 1.807) is 11.8 Å². The van der Waals surface area contributed by atoms with Crippen molar-refractivity contribution in [1.82, 2.24) is 5.32 Å². The molecule has 4 aliphatic rings. The molecule has 5 nitrogen and oxygen atoms in total. The second-order valence-electron chi connectivity index (χ2n) is 11.9. The Hall–Kier alpha value is -3.25. The summed E-state index contributed by atoms with van der Waals surface area (Å²) < 4.78 is 0. The lowest BCUT2D eigenvalue weighted by Crippen LogP contribution is -2.62. The number of benzene rings is 3. The first-order chi connectivity index (χ1) is 18.9. The fraction of sp³-hybridized carbons (Fsp3) is 0.394. The Morgan fingerprint density at radius 1 is 0.897 bits per heavy atom. The summed E-state index contributed by atoms with van der Waals surface area (Å²) in [4.78, 5) is 29.2. The molecule has 2 amide bonds. The van der Waals surface area contributed by atoms with Crippen molar-refractivity contribution in [3.63, 3.8) is 0 Å². The molecule has 0 heterocycles. The lowest BCUT2D eigenvalue weighted by Gasteiger charge is -2.57. The van der Waals surface area contributed by atoms with Gasteiger partial charge in [-0.3, -0.25) is 9.69 Å².